The van der Waals surface area contributed by atoms with E-state index in [-0.39, 0.29) is 0 Å². The topological polar surface area (TPSA) is 0 Å². The number of rotatable bonds is 3. The van der Waals surface area contributed by atoms with Crippen LogP contribution in [0.1, 0.15) is 19.4 Å². The number of halogens is 1. The van der Waals surface area contributed by atoms with Crippen LogP contribution in [0, 0.1) is 0 Å². The van der Waals surface area contributed by atoms with E-state index in [9.17, 15) is 0 Å². The van der Waals surface area contributed by atoms with Gasteiger partial charge in [-0.25, -0.2) is 0 Å². The van der Waals surface area contributed by atoms with E-state index < -0.39 is 0 Å². The summed E-state index contributed by atoms with van der Waals surface area (Å²) in [5, 5.41) is 2.94. The Morgan fingerprint density at radius 3 is 2.82 bits per heavy atom. The van der Waals surface area contributed by atoms with Gasteiger partial charge in [0.15, 0.2) is 0 Å². The normalized spacial score (nSPS) is 10.9. The van der Waals surface area contributed by atoms with Crippen LogP contribution in [0.4, 0.5) is 0 Å². The quantitative estimate of drug-likeness (QED) is 0.777. The maximum absolute atomic E-state index is 3.45. The van der Waals surface area contributed by atoms with Crippen molar-refractivity contribution in [1.29, 1.82) is 0 Å². The molecule has 0 spiro atoms. The van der Waals surface area contributed by atoms with Crippen molar-refractivity contribution in [3.8, 4) is 0 Å². The molecule has 0 nitrogen and oxygen atoms in total. The van der Waals surface area contributed by atoms with Gasteiger partial charge in [0.2, 0.25) is 0 Å². The van der Waals surface area contributed by atoms with Gasteiger partial charge in [0.1, 0.15) is 0 Å². The minimum Gasteiger partial charge on any atom is -0.154 e. The maximum Gasteiger partial charge on any atom is 0.0701 e. The van der Waals surface area contributed by atoms with Gasteiger partial charge >= 0.3 is 0 Å². The fourth-order valence-electron chi connectivity index (χ4n) is 0.684. The average Bonchev–Trinajstić information content (AvgIpc) is 2.31. The van der Waals surface area contributed by atoms with Crippen molar-refractivity contribution in [2.45, 2.75) is 24.9 Å². The SMILES string of the molecule is CC(C)SCc1csc(Br)c1. The maximum atomic E-state index is 3.45. The lowest BCUT2D eigenvalue weighted by molar-refractivity contribution is 1.11. The first kappa shape index (κ1) is 9.62. The van der Waals surface area contributed by atoms with E-state index >= 15 is 0 Å². The van der Waals surface area contributed by atoms with E-state index in [1.807, 2.05) is 11.8 Å². The van der Waals surface area contributed by atoms with Crippen LogP contribution in [0.5, 0.6) is 0 Å². The zero-order valence-corrected chi connectivity index (χ0v) is 9.85. The smallest absolute Gasteiger partial charge is 0.0701 e. The van der Waals surface area contributed by atoms with E-state index in [1.54, 1.807) is 11.3 Å². The summed E-state index contributed by atoms with van der Waals surface area (Å²) in [6.45, 7) is 4.46. The molecule has 0 aliphatic heterocycles. The molecule has 1 aromatic rings. The molecule has 0 N–H and O–H groups in total. The van der Waals surface area contributed by atoms with Gasteiger partial charge in [-0.1, -0.05) is 13.8 Å². The Bertz CT molecular complexity index is 218. The largest absolute Gasteiger partial charge is 0.154 e. The molecule has 0 fully saturated rings. The molecule has 62 valence electrons. The molecule has 1 rings (SSSR count). The van der Waals surface area contributed by atoms with Gasteiger partial charge in [0, 0.05) is 5.75 Å². The van der Waals surface area contributed by atoms with E-state index in [4.69, 9.17) is 0 Å². The molecule has 0 radical (unpaired) electrons. The van der Waals surface area contributed by atoms with Gasteiger partial charge in [0.25, 0.3) is 0 Å². The minimum atomic E-state index is 0.730. The summed E-state index contributed by atoms with van der Waals surface area (Å²) in [7, 11) is 0. The third-order valence-corrected chi connectivity index (χ3v) is 3.93. The molecule has 0 atom stereocenters. The van der Waals surface area contributed by atoms with Gasteiger partial charge in [-0.3, -0.25) is 0 Å². The summed E-state index contributed by atoms with van der Waals surface area (Å²) < 4.78 is 1.23. The van der Waals surface area contributed by atoms with Crippen molar-refractivity contribution in [3.63, 3.8) is 0 Å². The molecule has 0 aliphatic carbocycles. The number of hydrogen-bond donors (Lipinski definition) is 0. The molecule has 0 aliphatic rings. The third-order valence-electron chi connectivity index (χ3n) is 1.21. The molecule has 0 unspecified atom stereocenters. The second-order valence-corrected chi connectivity index (χ2v) is 6.47. The highest BCUT2D eigenvalue weighted by atomic mass is 79.9. The van der Waals surface area contributed by atoms with Gasteiger partial charge in [0.05, 0.1) is 3.79 Å². The Balaban J connectivity index is 2.39. The molecule has 0 aromatic carbocycles. The van der Waals surface area contributed by atoms with E-state index in [1.165, 1.54) is 9.35 Å². The molecule has 0 amide bonds. The predicted octanol–water partition coefficient (Wildman–Crippen LogP) is 4.15. The second-order valence-electron chi connectivity index (χ2n) is 2.62. The van der Waals surface area contributed by atoms with Crippen molar-refractivity contribution in [2.75, 3.05) is 0 Å². The molecule has 0 saturated carbocycles. The first-order valence-electron chi connectivity index (χ1n) is 3.53. The first-order valence-corrected chi connectivity index (χ1v) is 6.25. The number of thioether (sulfide) groups is 1. The van der Waals surface area contributed by atoms with Crippen LogP contribution in [0.15, 0.2) is 15.2 Å². The highest BCUT2D eigenvalue weighted by Gasteiger charge is 1.98. The lowest BCUT2D eigenvalue weighted by Crippen LogP contribution is -1.86. The third kappa shape index (κ3) is 3.63. The Hall–Kier alpha value is 0.530. The van der Waals surface area contributed by atoms with Crippen LogP contribution in [-0.2, 0) is 5.75 Å². The van der Waals surface area contributed by atoms with Crippen LogP contribution in [0.2, 0.25) is 0 Å². The average molecular weight is 251 g/mol. The fourth-order valence-corrected chi connectivity index (χ4v) is 2.69. The summed E-state index contributed by atoms with van der Waals surface area (Å²) in [6.07, 6.45) is 0. The highest BCUT2D eigenvalue weighted by Crippen LogP contribution is 2.25. The van der Waals surface area contributed by atoms with Gasteiger partial charge < -0.3 is 0 Å². The van der Waals surface area contributed by atoms with Crippen LogP contribution in [0.25, 0.3) is 0 Å². The van der Waals surface area contributed by atoms with Gasteiger partial charge in [-0.2, -0.15) is 11.8 Å². The van der Waals surface area contributed by atoms with Crippen LogP contribution in [-0.4, -0.2) is 5.25 Å². The van der Waals surface area contributed by atoms with E-state index in [0.717, 1.165) is 11.0 Å². The summed E-state index contributed by atoms with van der Waals surface area (Å²) in [5.74, 6) is 1.14. The zero-order valence-electron chi connectivity index (χ0n) is 6.63. The van der Waals surface area contributed by atoms with Gasteiger partial charge in [-0.15, -0.1) is 11.3 Å². The Kier molecular flexibility index (Phi) is 3.96. The van der Waals surface area contributed by atoms with E-state index in [2.05, 4.69) is 41.2 Å². The second kappa shape index (κ2) is 4.53. The van der Waals surface area contributed by atoms with Gasteiger partial charge in [-0.05, 0) is 38.2 Å². The Morgan fingerprint density at radius 2 is 2.36 bits per heavy atom. The number of thiophene rings is 1. The first-order chi connectivity index (χ1) is 5.18. The summed E-state index contributed by atoms with van der Waals surface area (Å²) in [5.41, 5.74) is 1.43. The fraction of sp³-hybridized carbons (Fsp3) is 0.500. The predicted molar refractivity (Wildman–Crippen MR) is 58.5 cm³/mol. The standard InChI is InChI=1S/C8H11BrS2/c1-6(2)10-4-7-3-8(9)11-5-7/h3,5-6H,4H2,1-2H3. The van der Waals surface area contributed by atoms with Crippen molar-refractivity contribution >= 4 is 39.0 Å². The molecular weight excluding hydrogens is 240 g/mol. The molecule has 1 heterocycles. The highest BCUT2D eigenvalue weighted by molar-refractivity contribution is 9.11. The Labute approximate surface area is 84.5 Å². The Morgan fingerprint density at radius 1 is 1.64 bits per heavy atom. The molecule has 0 bridgehead atoms. The monoisotopic (exact) mass is 250 g/mol. The van der Waals surface area contributed by atoms with Crippen molar-refractivity contribution in [2.24, 2.45) is 0 Å². The van der Waals surface area contributed by atoms with Crippen LogP contribution in [0.3, 0.4) is 0 Å². The summed E-state index contributed by atoms with van der Waals surface area (Å²) in [4.78, 5) is 0. The molecule has 1 aromatic heterocycles. The minimum absolute atomic E-state index is 0.730. The molecule has 3 heteroatoms. The summed E-state index contributed by atoms with van der Waals surface area (Å²) in [6, 6.07) is 2.19. The van der Waals surface area contributed by atoms with E-state index in [0.29, 0.717) is 0 Å². The number of hydrogen-bond acceptors (Lipinski definition) is 2. The molecule has 0 saturated heterocycles. The van der Waals surface area contributed by atoms with Crippen molar-refractivity contribution in [3.05, 3.63) is 20.8 Å². The lowest BCUT2D eigenvalue weighted by atomic mass is 10.4. The molecule has 11 heavy (non-hydrogen) atoms. The van der Waals surface area contributed by atoms with Crippen molar-refractivity contribution < 1.29 is 0 Å². The lowest BCUT2D eigenvalue weighted by Gasteiger charge is -2.01. The van der Waals surface area contributed by atoms with Crippen molar-refractivity contribution in [1.82, 2.24) is 0 Å². The zero-order chi connectivity index (χ0) is 8.27. The van der Waals surface area contributed by atoms with Crippen LogP contribution >= 0.6 is 39.0 Å². The van der Waals surface area contributed by atoms with Crippen LogP contribution < -0.4 is 0 Å². The summed E-state index contributed by atoms with van der Waals surface area (Å²) >= 11 is 7.19. The molecular formula is C8H11BrS2.